The number of esters is 1. The maximum atomic E-state index is 13.0. The minimum Gasteiger partial charge on any atom is -0.462 e. The summed E-state index contributed by atoms with van der Waals surface area (Å²) in [6.45, 7) is 2.06. The van der Waals surface area contributed by atoms with Gasteiger partial charge in [0, 0.05) is 5.56 Å². The van der Waals surface area contributed by atoms with Crippen molar-refractivity contribution >= 4 is 24.0 Å². The molecule has 2 bridgehead atoms. The van der Waals surface area contributed by atoms with Crippen LogP contribution in [0.1, 0.15) is 29.5 Å². The van der Waals surface area contributed by atoms with E-state index in [0.29, 0.717) is 35.5 Å². The maximum absolute atomic E-state index is 13.0. The van der Waals surface area contributed by atoms with Gasteiger partial charge in [-0.15, -0.1) is 0 Å². The van der Waals surface area contributed by atoms with Crippen LogP contribution in [-0.2, 0) is 14.3 Å². The summed E-state index contributed by atoms with van der Waals surface area (Å²) in [6, 6.07) is 10.4. The molecule has 0 spiro atoms. The van der Waals surface area contributed by atoms with Crippen molar-refractivity contribution in [3.63, 3.8) is 0 Å². The van der Waals surface area contributed by atoms with Gasteiger partial charge in [0.15, 0.2) is 0 Å². The zero-order valence-corrected chi connectivity index (χ0v) is 17.5. The highest BCUT2D eigenvalue weighted by atomic mass is 16.5. The number of imide groups is 1. The van der Waals surface area contributed by atoms with Crippen LogP contribution in [0.15, 0.2) is 58.1 Å². The molecular weight excluding hydrogens is 408 g/mol. The average Bonchev–Trinajstić information content (AvgIpc) is 3.44. The molecule has 32 heavy (non-hydrogen) atoms. The number of carbonyl (C=O) groups is 3. The fraction of sp³-hybridized carbons (Fsp3) is 0.360. The lowest BCUT2D eigenvalue weighted by Crippen LogP contribution is -2.40. The number of carbonyl (C=O) groups excluding carboxylic acids is 3. The fourth-order valence-corrected chi connectivity index (χ4v) is 5.76. The third-order valence-electron chi connectivity index (χ3n) is 7.22. The zero-order chi connectivity index (χ0) is 22.0. The molecule has 1 aromatic carbocycles. The van der Waals surface area contributed by atoms with Gasteiger partial charge in [0.1, 0.15) is 11.5 Å². The van der Waals surface area contributed by atoms with Crippen LogP contribution in [-0.4, -0.2) is 35.6 Å². The Bertz CT molecular complexity index is 1160. The van der Waals surface area contributed by atoms with Gasteiger partial charge in [-0.1, -0.05) is 24.3 Å². The molecule has 2 aromatic rings. The van der Waals surface area contributed by atoms with Crippen LogP contribution >= 0.6 is 0 Å². The number of hydrogen-bond donors (Lipinski definition) is 0. The van der Waals surface area contributed by atoms with E-state index in [4.69, 9.17) is 9.15 Å². The first kappa shape index (κ1) is 19.2. The van der Waals surface area contributed by atoms with Gasteiger partial charge in [-0.05, 0) is 61.3 Å². The van der Waals surface area contributed by atoms with Crippen LogP contribution in [0.5, 0.6) is 0 Å². The molecule has 6 atom stereocenters. The topological polar surface area (TPSA) is 89.2 Å². The van der Waals surface area contributed by atoms with Crippen molar-refractivity contribution in [2.45, 2.75) is 13.3 Å². The van der Waals surface area contributed by atoms with E-state index in [0.717, 1.165) is 17.0 Å². The highest BCUT2D eigenvalue weighted by Crippen LogP contribution is 2.65. The smallest absolute Gasteiger partial charge is 0.338 e. The van der Waals surface area contributed by atoms with E-state index in [9.17, 15) is 14.4 Å². The normalized spacial score (nSPS) is 31.8. The Hall–Kier alpha value is -3.48. The molecule has 0 N–H and O–H groups in total. The first-order valence-corrected chi connectivity index (χ1v) is 11.0. The van der Waals surface area contributed by atoms with Crippen LogP contribution < -0.4 is 0 Å². The fourth-order valence-electron chi connectivity index (χ4n) is 5.76. The first-order valence-electron chi connectivity index (χ1n) is 11.0. The quantitative estimate of drug-likeness (QED) is 0.313. The number of hydrogen-bond acceptors (Lipinski definition) is 6. The summed E-state index contributed by atoms with van der Waals surface area (Å²) < 4.78 is 10.9. The summed E-state index contributed by atoms with van der Waals surface area (Å²) in [5.74, 6) is 1.11. The molecule has 2 heterocycles. The zero-order valence-electron chi connectivity index (χ0n) is 17.5. The van der Waals surface area contributed by atoms with Crippen LogP contribution in [0.2, 0.25) is 0 Å². The van der Waals surface area contributed by atoms with Crippen molar-refractivity contribution in [2.24, 2.45) is 40.6 Å². The Labute approximate surface area is 184 Å². The van der Waals surface area contributed by atoms with E-state index in [-0.39, 0.29) is 35.5 Å². The van der Waals surface area contributed by atoms with E-state index in [1.54, 1.807) is 37.3 Å². The van der Waals surface area contributed by atoms with Gasteiger partial charge in [-0.2, -0.15) is 10.1 Å². The summed E-state index contributed by atoms with van der Waals surface area (Å²) in [5, 5.41) is 5.25. The van der Waals surface area contributed by atoms with Gasteiger partial charge >= 0.3 is 5.97 Å². The van der Waals surface area contributed by atoms with E-state index >= 15 is 0 Å². The number of rotatable bonds is 5. The molecule has 2 saturated carbocycles. The Morgan fingerprint density at radius 1 is 1.12 bits per heavy atom. The van der Waals surface area contributed by atoms with Crippen molar-refractivity contribution in [1.29, 1.82) is 0 Å². The Morgan fingerprint density at radius 3 is 2.53 bits per heavy atom. The second kappa shape index (κ2) is 7.02. The Balaban J connectivity index is 1.21. The molecule has 0 unspecified atom stereocenters. The SMILES string of the molecule is CCOC(=O)c1cccc(-c2ccc(C=NN3C(=O)[C@@H]4[C@H]5C=C[C@@H]([C@@H]6C[C@@H]56)[C@H]4C3=O)o2)c1. The Morgan fingerprint density at radius 2 is 1.84 bits per heavy atom. The van der Waals surface area contributed by atoms with Gasteiger partial charge in [0.05, 0.1) is 30.2 Å². The lowest BCUT2D eigenvalue weighted by molar-refractivity contribution is -0.140. The van der Waals surface area contributed by atoms with Crippen molar-refractivity contribution in [1.82, 2.24) is 5.01 Å². The summed E-state index contributed by atoms with van der Waals surface area (Å²) in [4.78, 5) is 38.0. The lowest BCUT2D eigenvalue weighted by Gasteiger charge is -2.37. The summed E-state index contributed by atoms with van der Waals surface area (Å²) in [7, 11) is 0. The minimum absolute atomic E-state index is 0.175. The number of nitrogens with zero attached hydrogens (tertiary/aromatic N) is 2. The standard InChI is InChI=1S/C25H22N2O5/c1-2-31-25(30)14-5-3-4-13(10-14)20-9-6-15(32-20)12-26-27-23(28)21-16-7-8-17(19-11-18(16)19)22(21)24(27)29/h3-10,12,16-19,21-22H,2,11H2,1H3/t16-,17-,18-,19-,21+,22+/m0/s1. The van der Waals surface area contributed by atoms with Gasteiger partial charge in [0.2, 0.25) is 0 Å². The third kappa shape index (κ3) is 2.80. The molecule has 0 radical (unpaired) electrons. The molecule has 3 fully saturated rings. The molecule has 7 heteroatoms. The van der Waals surface area contributed by atoms with Gasteiger partial charge in [-0.3, -0.25) is 9.59 Å². The predicted molar refractivity (Wildman–Crippen MR) is 114 cm³/mol. The van der Waals surface area contributed by atoms with Gasteiger partial charge in [0.25, 0.3) is 11.8 Å². The molecule has 1 aliphatic heterocycles. The predicted octanol–water partition coefficient (Wildman–Crippen LogP) is 3.51. The highest BCUT2D eigenvalue weighted by Gasteiger charge is 2.67. The molecule has 7 nitrogen and oxygen atoms in total. The number of amides is 2. The van der Waals surface area contributed by atoms with E-state index in [1.165, 1.54) is 6.21 Å². The molecule has 1 saturated heterocycles. The largest absolute Gasteiger partial charge is 0.462 e. The van der Waals surface area contributed by atoms with Crippen molar-refractivity contribution in [3.8, 4) is 11.3 Å². The Kier molecular flexibility index (Phi) is 4.22. The monoisotopic (exact) mass is 430 g/mol. The third-order valence-corrected chi connectivity index (χ3v) is 7.22. The second-order valence-electron chi connectivity index (χ2n) is 8.89. The molecule has 2 amide bonds. The molecule has 5 aliphatic rings. The molecule has 7 rings (SSSR count). The highest BCUT2D eigenvalue weighted by molar-refractivity contribution is 6.06. The van der Waals surface area contributed by atoms with Gasteiger partial charge in [-0.25, -0.2) is 4.79 Å². The van der Waals surface area contributed by atoms with Crippen molar-refractivity contribution < 1.29 is 23.5 Å². The molecule has 4 aliphatic carbocycles. The van der Waals surface area contributed by atoms with Crippen molar-refractivity contribution in [2.75, 3.05) is 6.61 Å². The van der Waals surface area contributed by atoms with Gasteiger partial charge < -0.3 is 9.15 Å². The molecule has 1 aromatic heterocycles. The second-order valence-corrected chi connectivity index (χ2v) is 8.89. The van der Waals surface area contributed by atoms with Crippen LogP contribution in [0.3, 0.4) is 0 Å². The van der Waals surface area contributed by atoms with Crippen molar-refractivity contribution in [3.05, 3.63) is 59.9 Å². The van der Waals surface area contributed by atoms with Crippen LogP contribution in [0.25, 0.3) is 11.3 Å². The summed E-state index contributed by atoms with van der Waals surface area (Å²) in [6.07, 6.45) is 6.82. The first-order chi connectivity index (χ1) is 15.6. The molecular formula is C25H22N2O5. The van der Waals surface area contributed by atoms with E-state index in [1.807, 2.05) is 6.07 Å². The number of benzene rings is 1. The summed E-state index contributed by atoms with van der Waals surface area (Å²) in [5.41, 5.74) is 1.16. The maximum Gasteiger partial charge on any atom is 0.338 e. The van der Waals surface area contributed by atoms with E-state index < -0.39 is 5.97 Å². The number of hydrazone groups is 1. The van der Waals surface area contributed by atoms with Crippen LogP contribution in [0.4, 0.5) is 0 Å². The van der Waals surface area contributed by atoms with Crippen LogP contribution in [0, 0.1) is 35.5 Å². The lowest BCUT2D eigenvalue weighted by atomic mass is 9.63. The number of allylic oxidation sites excluding steroid dienone is 2. The molecule has 162 valence electrons. The average molecular weight is 430 g/mol. The minimum atomic E-state index is -0.392. The number of ether oxygens (including phenoxy) is 1. The van der Waals surface area contributed by atoms with E-state index in [2.05, 4.69) is 17.3 Å². The summed E-state index contributed by atoms with van der Waals surface area (Å²) >= 11 is 0. The number of furan rings is 1.